The Morgan fingerprint density at radius 2 is 2.33 bits per heavy atom. The molecule has 0 saturated heterocycles. The molecule has 0 bridgehead atoms. The van der Waals surface area contributed by atoms with E-state index in [4.69, 9.17) is 4.74 Å². The molecule has 2 heteroatoms. The van der Waals surface area contributed by atoms with Crippen molar-refractivity contribution in [2.75, 3.05) is 13.7 Å². The smallest absolute Gasteiger partial charge is 0.0459 e. The molecule has 0 aromatic rings. The Labute approximate surface area is 42.1 Å². The maximum absolute atomic E-state index is 4.80. The van der Waals surface area contributed by atoms with Crippen molar-refractivity contribution < 1.29 is 4.74 Å². The number of methoxy groups -OCH3 is 1. The standard InChI is InChI=1S/C4H12OSi/c1-5-3-2-4-6/h2-4H2,1,6H3. The first-order chi connectivity index (χ1) is 2.91. The van der Waals surface area contributed by atoms with Gasteiger partial charge in [0.15, 0.2) is 0 Å². The molecule has 0 aliphatic heterocycles. The van der Waals surface area contributed by atoms with Gasteiger partial charge in [-0.2, -0.15) is 0 Å². The topological polar surface area (TPSA) is 9.23 Å². The van der Waals surface area contributed by atoms with Crippen molar-refractivity contribution in [2.45, 2.75) is 12.5 Å². The predicted octanol–water partition coefficient (Wildman–Crippen LogP) is -0.193. The summed E-state index contributed by atoms with van der Waals surface area (Å²) in [6.07, 6.45) is 1.25. The highest BCUT2D eigenvalue weighted by molar-refractivity contribution is 6.08. The first kappa shape index (κ1) is 6.18. The average Bonchev–Trinajstić information content (AvgIpc) is 1.61. The van der Waals surface area contributed by atoms with Crippen LogP contribution in [-0.2, 0) is 4.74 Å². The van der Waals surface area contributed by atoms with Crippen LogP contribution in [0.15, 0.2) is 0 Å². The Kier molecular flexibility index (Phi) is 5.33. The predicted molar refractivity (Wildman–Crippen MR) is 31.2 cm³/mol. The van der Waals surface area contributed by atoms with Crippen LogP contribution in [0.1, 0.15) is 6.42 Å². The van der Waals surface area contributed by atoms with Gasteiger partial charge in [-0.3, -0.25) is 0 Å². The summed E-state index contributed by atoms with van der Waals surface area (Å²) in [5, 5.41) is 0. The fourth-order valence-corrected chi connectivity index (χ4v) is 0.577. The van der Waals surface area contributed by atoms with E-state index in [0.29, 0.717) is 0 Å². The van der Waals surface area contributed by atoms with Gasteiger partial charge in [0.05, 0.1) is 0 Å². The molecule has 0 saturated carbocycles. The molecule has 6 heavy (non-hydrogen) atoms. The van der Waals surface area contributed by atoms with Crippen LogP contribution in [0.4, 0.5) is 0 Å². The summed E-state index contributed by atoms with van der Waals surface area (Å²) in [4.78, 5) is 0. The monoisotopic (exact) mass is 104 g/mol. The van der Waals surface area contributed by atoms with E-state index in [1.165, 1.54) is 22.7 Å². The molecule has 0 N–H and O–H groups in total. The van der Waals surface area contributed by atoms with E-state index in [-0.39, 0.29) is 0 Å². The molecule has 0 fully saturated rings. The van der Waals surface area contributed by atoms with Crippen LogP contribution < -0.4 is 0 Å². The number of ether oxygens (including phenoxy) is 1. The van der Waals surface area contributed by atoms with Crippen molar-refractivity contribution in [1.29, 1.82) is 0 Å². The molecular formula is C4H12OSi. The van der Waals surface area contributed by atoms with E-state index >= 15 is 0 Å². The third-order valence-electron chi connectivity index (χ3n) is 0.702. The molecule has 0 spiro atoms. The summed E-state index contributed by atoms with van der Waals surface area (Å²) >= 11 is 0. The number of rotatable bonds is 3. The SMILES string of the molecule is COCCC[SiH3]. The van der Waals surface area contributed by atoms with Gasteiger partial charge in [0.2, 0.25) is 0 Å². The van der Waals surface area contributed by atoms with Crippen LogP contribution in [0.2, 0.25) is 6.04 Å². The minimum absolute atomic E-state index is 0.948. The van der Waals surface area contributed by atoms with Gasteiger partial charge in [-0.25, -0.2) is 0 Å². The van der Waals surface area contributed by atoms with Gasteiger partial charge >= 0.3 is 0 Å². The van der Waals surface area contributed by atoms with Crippen molar-refractivity contribution in [3.05, 3.63) is 0 Å². The van der Waals surface area contributed by atoms with Crippen LogP contribution >= 0.6 is 0 Å². The molecule has 1 nitrogen and oxygen atoms in total. The molecule has 0 aliphatic carbocycles. The first-order valence-corrected chi connectivity index (χ1v) is 3.82. The second kappa shape index (κ2) is 5.18. The maximum atomic E-state index is 4.80. The zero-order valence-electron chi connectivity index (χ0n) is 4.53. The normalized spacial score (nSPS) is 9.50. The van der Waals surface area contributed by atoms with Gasteiger partial charge in [-0.05, 0) is 6.42 Å². The van der Waals surface area contributed by atoms with Crippen molar-refractivity contribution in [3.63, 3.8) is 0 Å². The lowest BCUT2D eigenvalue weighted by molar-refractivity contribution is 0.199. The average molecular weight is 104 g/mol. The number of hydrogen-bond donors (Lipinski definition) is 0. The summed E-state index contributed by atoms with van der Waals surface area (Å²) in [5.41, 5.74) is 0. The third-order valence-corrected chi connectivity index (χ3v) is 1.41. The summed E-state index contributed by atoms with van der Waals surface area (Å²) in [7, 11) is 3.07. The molecule has 0 atom stereocenters. The van der Waals surface area contributed by atoms with Gasteiger partial charge in [0.25, 0.3) is 0 Å². The molecule has 0 radical (unpaired) electrons. The van der Waals surface area contributed by atoms with Crippen molar-refractivity contribution in [3.8, 4) is 0 Å². The van der Waals surface area contributed by atoms with E-state index in [1.54, 1.807) is 7.11 Å². The Hall–Kier alpha value is 0.177. The van der Waals surface area contributed by atoms with Gasteiger partial charge in [-0.15, -0.1) is 0 Å². The highest BCUT2D eigenvalue weighted by Gasteiger charge is 1.74. The molecule has 0 amide bonds. The molecule has 0 aromatic heterocycles. The summed E-state index contributed by atoms with van der Waals surface area (Å²) in [6, 6.07) is 1.37. The maximum Gasteiger partial charge on any atom is 0.0459 e. The Bertz CT molecular complexity index is 19.5. The zero-order chi connectivity index (χ0) is 4.83. The Morgan fingerprint density at radius 3 is 2.50 bits per heavy atom. The minimum atomic E-state index is 0.948. The highest BCUT2D eigenvalue weighted by atomic mass is 28.1. The molecule has 0 unspecified atom stereocenters. The lowest BCUT2D eigenvalue weighted by Crippen LogP contribution is -1.85. The first-order valence-electron chi connectivity index (χ1n) is 2.40. The Morgan fingerprint density at radius 1 is 1.67 bits per heavy atom. The minimum Gasteiger partial charge on any atom is -0.385 e. The molecule has 0 aromatic carbocycles. The lowest BCUT2D eigenvalue weighted by atomic mass is 10.5. The quantitative estimate of drug-likeness (QED) is 0.356. The van der Waals surface area contributed by atoms with Crippen molar-refractivity contribution in [1.82, 2.24) is 0 Å². The summed E-state index contributed by atoms with van der Waals surface area (Å²) in [5.74, 6) is 0. The van der Waals surface area contributed by atoms with E-state index < -0.39 is 0 Å². The van der Waals surface area contributed by atoms with E-state index in [2.05, 4.69) is 0 Å². The van der Waals surface area contributed by atoms with Crippen LogP contribution in [0.25, 0.3) is 0 Å². The Balaban J connectivity index is 2.34. The summed E-state index contributed by atoms with van der Waals surface area (Å²) < 4.78 is 4.80. The molecule has 38 valence electrons. The van der Waals surface area contributed by atoms with Gasteiger partial charge in [0.1, 0.15) is 0 Å². The van der Waals surface area contributed by atoms with Gasteiger partial charge in [0, 0.05) is 24.0 Å². The van der Waals surface area contributed by atoms with Crippen LogP contribution in [-0.4, -0.2) is 24.0 Å². The molecule has 0 rings (SSSR count). The molecule has 0 heterocycles. The molecule has 0 aliphatic rings. The van der Waals surface area contributed by atoms with Gasteiger partial charge in [-0.1, -0.05) is 6.04 Å². The van der Waals surface area contributed by atoms with Crippen LogP contribution in [0, 0.1) is 0 Å². The fourth-order valence-electron chi connectivity index (χ4n) is 0.289. The summed E-state index contributed by atoms with van der Waals surface area (Å²) in [6.45, 7) is 0.948. The molecular weight excluding hydrogens is 92.1 g/mol. The second-order valence-electron chi connectivity index (χ2n) is 1.35. The highest BCUT2D eigenvalue weighted by Crippen LogP contribution is 1.81. The van der Waals surface area contributed by atoms with Gasteiger partial charge < -0.3 is 4.74 Å². The van der Waals surface area contributed by atoms with Crippen LogP contribution in [0.5, 0.6) is 0 Å². The van der Waals surface area contributed by atoms with Crippen molar-refractivity contribution >= 4 is 10.2 Å². The van der Waals surface area contributed by atoms with E-state index in [9.17, 15) is 0 Å². The second-order valence-corrected chi connectivity index (χ2v) is 2.35. The van der Waals surface area contributed by atoms with Crippen LogP contribution in [0.3, 0.4) is 0 Å². The third kappa shape index (κ3) is 4.18. The van der Waals surface area contributed by atoms with E-state index in [0.717, 1.165) is 6.61 Å². The van der Waals surface area contributed by atoms with E-state index in [1.807, 2.05) is 0 Å². The lowest BCUT2D eigenvalue weighted by Gasteiger charge is -1.89. The number of hydrogen-bond acceptors (Lipinski definition) is 1. The van der Waals surface area contributed by atoms with Crippen molar-refractivity contribution in [2.24, 2.45) is 0 Å². The largest absolute Gasteiger partial charge is 0.385 e. The zero-order valence-corrected chi connectivity index (χ0v) is 6.53. The fraction of sp³-hybridized carbons (Fsp3) is 1.00.